The molecule has 2 amide bonds. The highest BCUT2D eigenvalue weighted by Crippen LogP contribution is 2.36. The number of nitrogens with zero attached hydrogens (tertiary/aromatic N) is 1. The molecule has 2 fully saturated rings. The van der Waals surface area contributed by atoms with Gasteiger partial charge in [-0.05, 0) is 72.8 Å². The average Bonchev–Trinajstić information content (AvgIpc) is 2.94. The van der Waals surface area contributed by atoms with Crippen LogP contribution in [0, 0.1) is 0 Å². The van der Waals surface area contributed by atoms with Gasteiger partial charge in [0.15, 0.2) is 0 Å². The zero-order valence-electron chi connectivity index (χ0n) is 21.8. The molecule has 0 aromatic heterocycles. The number of nitrogens with one attached hydrogen (secondary N) is 1. The maximum atomic E-state index is 13.1. The normalized spacial score (nSPS) is 21.8. The molecule has 34 heavy (non-hydrogen) atoms. The predicted molar refractivity (Wildman–Crippen MR) is 131 cm³/mol. The van der Waals surface area contributed by atoms with E-state index >= 15 is 0 Å². The maximum Gasteiger partial charge on any atom is 0.494 e. The van der Waals surface area contributed by atoms with Crippen LogP contribution in [0.25, 0.3) is 0 Å². The largest absolute Gasteiger partial charge is 0.496 e. The molecule has 0 spiro atoms. The van der Waals surface area contributed by atoms with Crippen LogP contribution in [-0.2, 0) is 25.3 Å². The minimum atomic E-state index is -0.558. The third kappa shape index (κ3) is 6.24. The quantitative estimate of drug-likeness (QED) is 0.661. The first-order valence-electron chi connectivity index (χ1n) is 12.0. The van der Waals surface area contributed by atoms with E-state index in [4.69, 9.17) is 18.8 Å². The number of likely N-dealkylation sites (tertiary alicyclic amines) is 1. The third-order valence-corrected chi connectivity index (χ3v) is 6.67. The summed E-state index contributed by atoms with van der Waals surface area (Å²) in [5.74, 6) is 0.623. The van der Waals surface area contributed by atoms with Gasteiger partial charge in [-0.15, -0.1) is 0 Å². The fraction of sp³-hybridized carbons (Fsp3) is 0.680. The van der Waals surface area contributed by atoms with E-state index in [1.54, 1.807) is 12.0 Å². The van der Waals surface area contributed by atoms with E-state index in [1.165, 1.54) is 0 Å². The van der Waals surface area contributed by atoms with Crippen molar-refractivity contribution in [3.05, 3.63) is 23.8 Å². The molecule has 1 aromatic rings. The van der Waals surface area contributed by atoms with E-state index in [0.717, 1.165) is 23.9 Å². The molecule has 0 aliphatic carbocycles. The van der Waals surface area contributed by atoms with Crippen LogP contribution in [0.1, 0.15) is 66.9 Å². The Morgan fingerprint density at radius 1 is 1.18 bits per heavy atom. The third-order valence-electron chi connectivity index (χ3n) is 6.67. The Labute approximate surface area is 203 Å². The molecule has 188 valence electrons. The van der Waals surface area contributed by atoms with Crippen molar-refractivity contribution in [1.82, 2.24) is 10.2 Å². The van der Waals surface area contributed by atoms with Crippen molar-refractivity contribution in [1.29, 1.82) is 0 Å². The van der Waals surface area contributed by atoms with E-state index in [-0.39, 0.29) is 18.4 Å². The lowest BCUT2D eigenvalue weighted by Gasteiger charge is -2.33. The van der Waals surface area contributed by atoms with Gasteiger partial charge in [-0.3, -0.25) is 4.79 Å². The second-order valence-corrected chi connectivity index (χ2v) is 11.2. The molecule has 0 radical (unpaired) electrons. The summed E-state index contributed by atoms with van der Waals surface area (Å²) in [6.07, 6.45) is 1.40. The Hall–Kier alpha value is -2.26. The Morgan fingerprint density at radius 3 is 2.41 bits per heavy atom. The molecule has 0 bridgehead atoms. The molecule has 2 saturated heterocycles. The summed E-state index contributed by atoms with van der Waals surface area (Å²) in [5, 5.41) is 2.89. The molecule has 1 N–H and O–H groups in total. The van der Waals surface area contributed by atoms with E-state index < -0.39 is 30.0 Å². The number of piperidine rings is 1. The molecule has 9 heteroatoms. The molecule has 2 aliphatic heterocycles. The van der Waals surface area contributed by atoms with Gasteiger partial charge < -0.3 is 29.0 Å². The molecule has 2 heterocycles. The highest BCUT2D eigenvalue weighted by molar-refractivity contribution is 6.62. The molecule has 0 saturated carbocycles. The van der Waals surface area contributed by atoms with Crippen LogP contribution in [0.2, 0.25) is 0 Å². The second kappa shape index (κ2) is 9.78. The Bertz CT molecular complexity index is 895. The molecule has 1 atom stereocenters. The van der Waals surface area contributed by atoms with Crippen molar-refractivity contribution >= 4 is 24.6 Å². The highest BCUT2D eigenvalue weighted by atomic mass is 16.7. The van der Waals surface area contributed by atoms with Crippen molar-refractivity contribution in [3.8, 4) is 5.75 Å². The van der Waals surface area contributed by atoms with Gasteiger partial charge in [-0.2, -0.15) is 0 Å². The van der Waals surface area contributed by atoms with Gasteiger partial charge in [0, 0.05) is 24.7 Å². The van der Waals surface area contributed by atoms with Crippen molar-refractivity contribution < 1.29 is 28.4 Å². The standard InChI is InChI=1S/C25H39BN2O6/c1-23(2,3)32-22(30)27-19-10-9-13-28(16-19)21(29)14-17-11-12-18(15-20(17)31-8)26-33-24(4,5)25(6,7)34-26/h11-12,15,19H,9-10,13-14,16H2,1-8H3,(H,27,30). The summed E-state index contributed by atoms with van der Waals surface area (Å²) >= 11 is 0. The molecule has 3 rings (SSSR count). The second-order valence-electron chi connectivity index (χ2n) is 11.2. The van der Waals surface area contributed by atoms with E-state index in [2.05, 4.69) is 5.32 Å². The molecule has 2 aliphatic rings. The summed E-state index contributed by atoms with van der Waals surface area (Å²) in [7, 11) is 1.10. The fourth-order valence-electron chi connectivity index (χ4n) is 4.10. The summed E-state index contributed by atoms with van der Waals surface area (Å²) in [5.41, 5.74) is 0.230. The fourth-order valence-corrected chi connectivity index (χ4v) is 4.10. The number of carbonyl (C=O) groups excluding carboxylic acids is 2. The zero-order valence-corrected chi connectivity index (χ0v) is 21.8. The number of benzene rings is 1. The first-order valence-corrected chi connectivity index (χ1v) is 12.0. The van der Waals surface area contributed by atoms with Crippen LogP contribution >= 0.6 is 0 Å². The van der Waals surface area contributed by atoms with Crippen molar-refractivity contribution in [3.63, 3.8) is 0 Å². The molecular weight excluding hydrogens is 435 g/mol. The van der Waals surface area contributed by atoms with Gasteiger partial charge in [0.2, 0.25) is 5.91 Å². The number of rotatable bonds is 5. The van der Waals surface area contributed by atoms with Crippen LogP contribution in [-0.4, -0.2) is 67.1 Å². The number of hydrogen-bond donors (Lipinski definition) is 1. The summed E-state index contributed by atoms with van der Waals surface area (Å²) in [4.78, 5) is 27.0. The van der Waals surface area contributed by atoms with Gasteiger partial charge in [0.25, 0.3) is 0 Å². The smallest absolute Gasteiger partial charge is 0.494 e. The van der Waals surface area contributed by atoms with Crippen LogP contribution in [0.5, 0.6) is 5.75 Å². The number of hydrogen-bond acceptors (Lipinski definition) is 6. The van der Waals surface area contributed by atoms with Crippen LogP contribution in [0.4, 0.5) is 4.79 Å². The van der Waals surface area contributed by atoms with Gasteiger partial charge in [-0.25, -0.2) is 4.79 Å². The van der Waals surface area contributed by atoms with Crippen molar-refractivity contribution in [2.24, 2.45) is 0 Å². The van der Waals surface area contributed by atoms with E-state index in [1.807, 2.05) is 66.7 Å². The van der Waals surface area contributed by atoms with Gasteiger partial charge in [0.1, 0.15) is 11.4 Å². The zero-order chi connectivity index (χ0) is 25.3. The Morgan fingerprint density at radius 2 is 1.82 bits per heavy atom. The summed E-state index contributed by atoms with van der Waals surface area (Å²) in [6, 6.07) is 5.59. The lowest BCUT2D eigenvalue weighted by atomic mass is 9.78. The highest BCUT2D eigenvalue weighted by Gasteiger charge is 2.51. The predicted octanol–water partition coefficient (Wildman–Crippen LogP) is 3.05. The molecule has 8 nitrogen and oxygen atoms in total. The van der Waals surface area contributed by atoms with Crippen molar-refractivity contribution in [2.45, 2.75) is 90.6 Å². The number of methoxy groups -OCH3 is 1. The topological polar surface area (TPSA) is 86.3 Å². The SMILES string of the molecule is COc1cc(B2OC(C)(C)C(C)(C)O2)ccc1CC(=O)N1CCCC(NC(=O)OC(C)(C)C)C1. The number of ether oxygens (including phenoxy) is 2. The van der Waals surface area contributed by atoms with Gasteiger partial charge >= 0.3 is 13.2 Å². The summed E-state index contributed by atoms with van der Waals surface area (Å²) in [6.45, 7) is 14.7. The van der Waals surface area contributed by atoms with Crippen LogP contribution in [0.3, 0.4) is 0 Å². The number of alkyl carbamates (subject to hydrolysis) is 1. The number of amides is 2. The van der Waals surface area contributed by atoms with E-state index in [9.17, 15) is 9.59 Å². The van der Waals surface area contributed by atoms with Crippen LogP contribution in [0.15, 0.2) is 18.2 Å². The van der Waals surface area contributed by atoms with Crippen molar-refractivity contribution in [2.75, 3.05) is 20.2 Å². The minimum absolute atomic E-state index is 0.00243. The Balaban J connectivity index is 1.64. The maximum absolute atomic E-state index is 13.1. The van der Waals surface area contributed by atoms with Gasteiger partial charge in [0.05, 0.1) is 24.7 Å². The summed E-state index contributed by atoms with van der Waals surface area (Å²) < 4.78 is 23.2. The van der Waals surface area contributed by atoms with Gasteiger partial charge in [-0.1, -0.05) is 12.1 Å². The molecule has 1 aromatic carbocycles. The van der Waals surface area contributed by atoms with E-state index in [0.29, 0.717) is 18.8 Å². The first kappa shape index (κ1) is 26.4. The lowest BCUT2D eigenvalue weighted by Crippen LogP contribution is -2.50. The molecular formula is C25H39BN2O6. The average molecular weight is 474 g/mol. The Kier molecular flexibility index (Phi) is 7.58. The first-order chi connectivity index (χ1) is 15.7. The number of carbonyl (C=O) groups is 2. The molecule has 1 unspecified atom stereocenters. The van der Waals surface area contributed by atoms with Crippen LogP contribution < -0.4 is 15.5 Å². The minimum Gasteiger partial charge on any atom is -0.496 e. The monoisotopic (exact) mass is 474 g/mol. The lowest BCUT2D eigenvalue weighted by molar-refractivity contribution is -0.131.